The molecule has 4 aromatic rings. The Hall–Kier alpha value is -3.69. The number of halogens is 3. The highest BCUT2D eigenvalue weighted by atomic mass is 19.4. The van der Waals surface area contributed by atoms with Crippen LogP contribution in [0.25, 0.3) is 16.9 Å². The summed E-state index contributed by atoms with van der Waals surface area (Å²) in [7, 11) is 0. The van der Waals surface area contributed by atoms with E-state index in [0.717, 1.165) is 53.2 Å². The molecule has 0 bridgehead atoms. The van der Waals surface area contributed by atoms with Gasteiger partial charge in [0.15, 0.2) is 5.69 Å². The van der Waals surface area contributed by atoms with Crippen molar-refractivity contribution in [3.63, 3.8) is 0 Å². The number of hydrogen-bond acceptors (Lipinski definition) is 4. The number of carbonyl (C=O) groups excluding carboxylic acids is 1. The quantitative estimate of drug-likeness (QED) is 0.460. The average Bonchev–Trinajstić information content (AvgIpc) is 3.25. The molecule has 4 heterocycles. The number of aromatic nitrogens is 5. The predicted octanol–water partition coefficient (Wildman–Crippen LogP) is 4.58. The molecule has 1 saturated heterocycles. The lowest BCUT2D eigenvalue weighted by Gasteiger charge is -2.48. The third-order valence-corrected chi connectivity index (χ3v) is 6.55. The van der Waals surface area contributed by atoms with E-state index in [1.807, 2.05) is 25.1 Å². The van der Waals surface area contributed by atoms with E-state index in [-0.39, 0.29) is 17.9 Å². The Kier molecular flexibility index (Phi) is 4.17. The van der Waals surface area contributed by atoms with Crippen LogP contribution in [0.1, 0.15) is 35.7 Å². The van der Waals surface area contributed by atoms with E-state index in [2.05, 4.69) is 19.9 Å². The summed E-state index contributed by atoms with van der Waals surface area (Å²) < 4.78 is 40.0. The molecule has 2 aliphatic rings. The Balaban J connectivity index is 1.37. The summed E-state index contributed by atoms with van der Waals surface area (Å²) in [6.45, 7) is 1.89. The summed E-state index contributed by atoms with van der Waals surface area (Å²) in [5.74, 6) is 0.675. The minimum atomic E-state index is -4.51. The number of nitrogens with one attached hydrogen (secondary N) is 1. The fourth-order valence-electron chi connectivity index (χ4n) is 4.71. The van der Waals surface area contributed by atoms with E-state index in [1.54, 1.807) is 23.5 Å². The van der Waals surface area contributed by atoms with E-state index < -0.39 is 11.9 Å². The summed E-state index contributed by atoms with van der Waals surface area (Å²) in [6.07, 6.45) is 2.86. The maximum absolute atomic E-state index is 13.2. The van der Waals surface area contributed by atoms with Gasteiger partial charge in [0.1, 0.15) is 12.1 Å². The van der Waals surface area contributed by atoms with E-state index in [0.29, 0.717) is 11.7 Å². The molecule has 0 unspecified atom stereocenters. The van der Waals surface area contributed by atoms with Crippen LogP contribution in [0, 0.1) is 18.8 Å². The van der Waals surface area contributed by atoms with Crippen LogP contribution in [-0.2, 0) is 11.0 Å². The fourth-order valence-corrected chi connectivity index (χ4v) is 4.71. The summed E-state index contributed by atoms with van der Waals surface area (Å²) in [5, 5.41) is 0. The summed E-state index contributed by atoms with van der Waals surface area (Å²) >= 11 is 0. The third-order valence-electron chi connectivity index (χ3n) is 6.55. The smallest absolute Gasteiger partial charge is 0.345 e. The van der Waals surface area contributed by atoms with Gasteiger partial charge in [0.2, 0.25) is 5.91 Å². The van der Waals surface area contributed by atoms with Crippen LogP contribution in [0.15, 0.2) is 49.3 Å². The predicted molar refractivity (Wildman–Crippen MR) is 114 cm³/mol. The molecule has 168 valence electrons. The number of alkyl halides is 3. The number of amides is 1. The number of rotatable bonds is 4. The largest absolute Gasteiger partial charge is 0.434 e. The van der Waals surface area contributed by atoms with Gasteiger partial charge in [0.25, 0.3) is 0 Å². The van der Waals surface area contributed by atoms with Crippen molar-refractivity contribution >= 4 is 22.6 Å². The second-order valence-corrected chi connectivity index (χ2v) is 8.68. The van der Waals surface area contributed by atoms with E-state index in [9.17, 15) is 18.0 Å². The van der Waals surface area contributed by atoms with Crippen molar-refractivity contribution in [3.05, 3.63) is 66.1 Å². The normalized spacial score (nSPS) is 21.0. The maximum Gasteiger partial charge on any atom is 0.434 e. The van der Waals surface area contributed by atoms with Crippen molar-refractivity contribution in [1.82, 2.24) is 24.5 Å². The van der Waals surface area contributed by atoms with Gasteiger partial charge in [0.05, 0.1) is 29.3 Å². The number of β-lactam (4-membered cyclic amide) rings is 1. The average molecular weight is 452 g/mol. The number of fused-ring (bicyclic) bond motifs is 1. The van der Waals surface area contributed by atoms with Crippen LogP contribution in [0.5, 0.6) is 0 Å². The van der Waals surface area contributed by atoms with Crippen molar-refractivity contribution in [3.8, 4) is 5.82 Å². The molecule has 2 atom stereocenters. The van der Waals surface area contributed by atoms with Crippen LogP contribution in [0.3, 0.4) is 0 Å². The lowest BCUT2D eigenvalue weighted by molar-refractivity contribution is -0.141. The molecule has 10 heteroatoms. The lowest BCUT2D eigenvalue weighted by Crippen LogP contribution is -2.56. The molecule has 1 aliphatic carbocycles. The van der Waals surface area contributed by atoms with Gasteiger partial charge in [-0.05, 0) is 61.1 Å². The minimum Gasteiger partial charge on any atom is -0.345 e. The molecule has 7 nitrogen and oxygen atoms in total. The Morgan fingerprint density at radius 2 is 1.94 bits per heavy atom. The number of imidazole rings is 2. The zero-order valence-corrected chi connectivity index (χ0v) is 17.5. The Labute approximate surface area is 186 Å². The first kappa shape index (κ1) is 20.0. The molecule has 6 rings (SSSR count). The van der Waals surface area contributed by atoms with Crippen molar-refractivity contribution < 1.29 is 18.0 Å². The second-order valence-electron chi connectivity index (χ2n) is 8.68. The molecule has 1 N–H and O–H groups in total. The van der Waals surface area contributed by atoms with E-state index >= 15 is 0 Å². The van der Waals surface area contributed by atoms with E-state index in [4.69, 9.17) is 0 Å². The first-order valence-electron chi connectivity index (χ1n) is 10.7. The second kappa shape index (κ2) is 6.90. The molecule has 2 fully saturated rings. The lowest BCUT2D eigenvalue weighted by atomic mass is 9.78. The first-order valence-corrected chi connectivity index (χ1v) is 10.7. The highest BCUT2D eigenvalue weighted by molar-refractivity contribution is 6.04. The van der Waals surface area contributed by atoms with Crippen LogP contribution < -0.4 is 4.90 Å². The van der Waals surface area contributed by atoms with Gasteiger partial charge in [0, 0.05) is 18.1 Å². The Morgan fingerprint density at radius 3 is 2.64 bits per heavy atom. The molecular formula is C23H19F3N6O. The zero-order chi connectivity index (χ0) is 22.9. The molecule has 33 heavy (non-hydrogen) atoms. The van der Waals surface area contributed by atoms with Crippen LogP contribution in [0.2, 0.25) is 0 Å². The first-order chi connectivity index (χ1) is 15.8. The van der Waals surface area contributed by atoms with Crippen molar-refractivity contribution in [2.45, 2.75) is 32.0 Å². The number of aromatic amines is 1. The van der Waals surface area contributed by atoms with Gasteiger partial charge >= 0.3 is 6.18 Å². The number of carbonyl (C=O) groups is 1. The van der Waals surface area contributed by atoms with Crippen molar-refractivity contribution in [2.24, 2.45) is 11.8 Å². The van der Waals surface area contributed by atoms with Gasteiger partial charge in [-0.1, -0.05) is 0 Å². The highest BCUT2D eigenvalue weighted by Crippen LogP contribution is 2.54. The van der Waals surface area contributed by atoms with Crippen LogP contribution in [-0.4, -0.2) is 30.4 Å². The summed E-state index contributed by atoms with van der Waals surface area (Å²) in [6, 6.07) is 7.25. The molecule has 1 aromatic carbocycles. The Bertz CT molecular complexity index is 1390. The summed E-state index contributed by atoms with van der Waals surface area (Å²) in [4.78, 5) is 30.2. The molecule has 0 radical (unpaired) electrons. The van der Waals surface area contributed by atoms with Gasteiger partial charge < -0.3 is 9.88 Å². The number of aryl methyl sites for hydroxylation is 1. The molecule has 0 spiro atoms. The molecular weight excluding hydrogens is 433 g/mol. The van der Waals surface area contributed by atoms with Gasteiger partial charge in [-0.15, -0.1) is 0 Å². The highest BCUT2D eigenvalue weighted by Gasteiger charge is 2.55. The molecule has 1 amide bonds. The monoisotopic (exact) mass is 452 g/mol. The zero-order valence-electron chi connectivity index (χ0n) is 17.5. The molecule has 1 saturated carbocycles. The van der Waals surface area contributed by atoms with Gasteiger partial charge in [-0.2, -0.15) is 13.2 Å². The number of nitrogens with zero attached hydrogens (tertiary/aromatic N) is 5. The topological polar surface area (TPSA) is 79.7 Å². The van der Waals surface area contributed by atoms with Crippen LogP contribution >= 0.6 is 0 Å². The number of pyridine rings is 1. The van der Waals surface area contributed by atoms with E-state index in [1.165, 1.54) is 4.57 Å². The molecule has 3 aromatic heterocycles. The number of hydrogen-bond donors (Lipinski definition) is 1. The molecule has 1 aliphatic heterocycles. The minimum absolute atomic E-state index is 0.0882. The summed E-state index contributed by atoms with van der Waals surface area (Å²) in [5.41, 5.74) is 3.23. The van der Waals surface area contributed by atoms with Crippen molar-refractivity contribution in [1.29, 1.82) is 0 Å². The standard InChI is InChI=1S/C23H19F3N6O/c1-12-6-19(31-9-18(30-11-31)23(24,25)26)27-8-15(12)21-20(13-2-3-13)22(33)32(21)14-4-5-16-17(7-14)29-10-28-16/h4-11,13,20-21H,2-3H2,1H3,(H,28,29)/t20-,21+/m0/s1. The Morgan fingerprint density at radius 1 is 1.12 bits per heavy atom. The maximum atomic E-state index is 13.2. The SMILES string of the molecule is Cc1cc(-n2cnc(C(F)(F)F)c2)ncc1[C@@H]1[C@H](C2CC2)C(=O)N1c1ccc2[nH]cnc2c1. The van der Waals surface area contributed by atoms with Gasteiger partial charge in [-0.25, -0.2) is 15.0 Å². The van der Waals surface area contributed by atoms with Gasteiger partial charge in [-0.3, -0.25) is 9.36 Å². The number of benzene rings is 1. The van der Waals surface area contributed by atoms with Crippen molar-refractivity contribution in [2.75, 3.05) is 4.90 Å². The number of H-pyrrole nitrogens is 1. The van der Waals surface area contributed by atoms with Crippen LogP contribution in [0.4, 0.5) is 18.9 Å². The number of anilines is 1. The third kappa shape index (κ3) is 3.20. The fraction of sp³-hybridized carbons (Fsp3) is 0.304.